The van der Waals surface area contributed by atoms with Crippen molar-refractivity contribution < 1.29 is 9.53 Å². The smallest absolute Gasteiger partial charge is 0.410 e. The SMILES string of the molecule is CC(C)NCCC1CCN(C(=O)OC(C)(C)C)CC1. The Labute approximate surface area is 117 Å². The van der Waals surface area contributed by atoms with Crippen molar-refractivity contribution in [3.05, 3.63) is 0 Å². The summed E-state index contributed by atoms with van der Waals surface area (Å²) < 4.78 is 5.40. The molecule has 1 fully saturated rings. The van der Waals surface area contributed by atoms with E-state index in [0.717, 1.165) is 38.4 Å². The quantitative estimate of drug-likeness (QED) is 0.854. The van der Waals surface area contributed by atoms with E-state index in [0.29, 0.717) is 6.04 Å². The van der Waals surface area contributed by atoms with E-state index in [-0.39, 0.29) is 6.09 Å². The van der Waals surface area contributed by atoms with E-state index in [1.807, 2.05) is 25.7 Å². The summed E-state index contributed by atoms with van der Waals surface area (Å²) in [5.74, 6) is 0.741. The van der Waals surface area contributed by atoms with Crippen LogP contribution in [0.4, 0.5) is 4.79 Å². The van der Waals surface area contributed by atoms with Gasteiger partial charge in [0.1, 0.15) is 5.60 Å². The summed E-state index contributed by atoms with van der Waals surface area (Å²) in [4.78, 5) is 13.8. The van der Waals surface area contributed by atoms with Gasteiger partial charge < -0.3 is 15.0 Å². The molecule has 1 N–H and O–H groups in total. The average molecular weight is 270 g/mol. The monoisotopic (exact) mass is 270 g/mol. The highest BCUT2D eigenvalue weighted by atomic mass is 16.6. The molecule has 0 aromatic rings. The van der Waals surface area contributed by atoms with E-state index in [1.54, 1.807) is 0 Å². The number of rotatable bonds is 4. The van der Waals surface area contributed by atoms with E-state index in [4.69, 9.17) is 4.74 Å². The number of ether oxygens (including phenoxy) is 1. The third-order valence-corrected chi connectivity index (χ3v) is 3.37. The molecule has 4 heteroatoms. The first-order valence-electron chi connectivity index (χ1n) is 7.49. The Morgan fingerprint density at radius 3 is 2.37 bits per heavy atom. The summed E-state index contributed by atoms with van der Waals surface area (Å²) in [6, 6.07) is 0.557. The molecule has 19 heavy (non-hydrogen) atoms. The van der Waals surface area contributed by atoms with Crippen LogP contribution in [0.3, 0.4) is 0 Å². The lowest BCUT2D eigenvalue weighted by atomic mass is 9.93. The third kappa shape index (κ3) is 6.81. The molecule has 1 rings (SSSR count). The van der Waals surface area contributed by atoms with Gasteiger partial charge in [-0.15, -0.1) is 0 Å². The van der Waals surface area contributed by atoms with Crippen LogP contribution < -0.4 is 5.32 Å². The molecule has 0 unspecified atom stereocenters. The Morgan fingerprint density at radius 2 is 1.89 bits per heavy atom. The van der Waals surface area contributed by atoms with E-state index in [2.05, 4.69) is 19.2 Å². The third-order valence-electron chi connectivity index (χ3n) is 3.37. The van der Waals surface area contributed by atoms with Crippen molar-refractivity contribution >= 4 is 6.09 Å². The van der Waals surface area contributed by atoms with Crippen LogP contribution in [0, 0.1) is 5.92 Å². The van der Waals surface area contributed by atoms with Crippen molar-refractivity contribution in [3.8, 4) is 0 Å². The Bertz CT molecular complexity index is 276. The fourth-order valence-electron chi connectivity index (χ4n) is 2.31. The van der Waals surface area contributed by atoms with Crippen molar-refractivity contribution in [1.82, 2.24) is 10.2 Å². The zero-order valence-corrected chi connectivity index (χ0v) is 13.2. The standard InChI is InChI=1S/C15H30N2O2/c1-12(2)16-9-6-13-7-10-17(11-8-13)14(18)19-15(3,4)5/h12-13,16H,6-11H2,1-5H3. The molecule has 0 spiro atoms. The summed E-state index contributed by atoms with van der Waals surface area (Å²) in [5, 5.41) is 3.45. The van der Waals surface area contributed by atoms with Crippen LogP contribution in [-0.4, -0.2) is 42.3 Å². The highest BCUT2D eigenvalue weighted by molar-refractivity contribution is 5.68. The molecule has 1 amide bonds. The van der Waals surface area contributed by atoms with E-state index < -0.39 is 5.60 Å². The van der Waals surface area contributed by atoms with Crippen molar-refractivity contribution in [2.45, 2.75) is 65.5 Å². The van der Waals surface area contributed by atoms with Crippen LogP contribution in [0.15, 0.2) is 0 Å². The number of nitrogens with one attached hydrogen (secondary N) is 1. The van der Waals surface area contributed by atoms with Gasteiger partial charge >= 0.3 is 6.09 Å². The summed E-state index contributed by atoms with van der Waals surface area (Å²) in [6.07, 6.45) is 3.24. The first kappa shape index (κ1) is 16.3. The van der Waals surface area contributed by atoms with E-state index in [1.165, 1.54) is 6.42 Å². The molecule has 0 saturated carbocycles. The zero-order valence-electron chi connectivity index (χ0n) is 13.2. The van der Waals surface area contributed by atoms with Crippen molar-refractivity contribution in [3.63, 3.8) is 0 Å². The number of carbonyl (C=O) groups is 1. The minimum atomic E-state index is -0.394. The molecule has 1 aliphatic heterocycles. The van der Waals surface area contributed by atoms with Gasteiger partial charge in [0.25, 0.3) is 0 Å². The molecule has 4 nitrogen and oxygen atoms in total. The lowest BCUT2D eigenvalue weighted by Gasteiger charge is -2.33. The second-order valence-electron chi connectivity index (χ2n) is 6.81. The highest BCUT2D eigenvalue weighted by Crippen LogP contribution is 2.21. The molecule has 0 aliphatic carbocycles. The summed E-state index contributed by atoms with van der Waals surface area (Å²) in [7, 11) is 0. The predicted octanol–water partition coefficient (Wildman–Crippen LogP) is 3.02. The number of carbonyl (C=O) groups excluding carboxylic acids is 1. The lowest BCUT2D eigenvalue weighted by Crippen LogP contribution is -2.42. The Balaban J connectivity index is 2.23. The topological polar surface area (TPSA) is 41.6 Å². The van der Waals surface area contributed by atoms with Crippen LogP contribution in [0.1, 0.15) is 53.9 Å². The predicted molar refractivity (Wildman–Crippen MR) is 78.3 cm³/mol. The normalized spacial score (nSPS) is 17.9. The van der Waals surface area contributed by atoms with Crippen LogP contribution in [0.5, 0.6) is 0 Å². The molecule has 112 valence electrons. The minimum Gasteiger partial charge on any atom is -0.444 e. The van der Waals surface area contributed by atoms with Crippen LogP contribution >= 0.6 is 0 Å². The summed E-state index contributed by atoms with van der Waals surface area (Å²) in [6.45, 7) is 12.8. The van der Waals surface area contributed by atoms with Crippen molar-refractivity contribution in [2.75, 3.05) is 19.6 Å². The fourth-order valence-corrected chi connectivity index (χ4v) is 2.31. The van der Waals surface area contributed by atoms with Gasteiger partial charge in [0, 0.05) is 19.1 Å². The van der Waals surface area contributed by atoms with Gasteiger partial charge in [0.2, 0.25) is 0 Å². The minimum absolute atomic E-state index is 0.161. The van der Waals surface area contributed by atoms with Crippen LogP contribution in [-0.2, 0) is 4.74 Å². The number of piperidine rings is 1. The number of hydrogen-bond donors (Lipinski definition) is 1. The molecule has 0 atom stereocenters. The summed E-state index contributed by atoms with van der Waals surface area (Å²) in [5.41, 5.74) is -0.394. The number of amides is 1. The number of hydrogen-bond acceptors (Lipinski definition) is 3. The maximum absolute atomic E-state index is 11.9. The zero-order chi connectivity index (χ0) is 14.5. The van der Waals surface area contributed by atoms with Crippen molar-refractivity contribution in [2.24, 2.45) is 5.92 Å². The molecule has 0 radical (unpaired) electrons. The lowest BCUT2D eigenvalue weighted by molar-refractivity contribution is 0.0181. The van der Waals surface area contributed by atoms with Gasteiger partial charge in [-0.3, -0.25) is 0 Å². The Morgan fingerprint density at radius 1 is 1.32 bits per heavy atom. The van der Waals surface area contributed by atoms with Crippen LogP contribution in [0.25, 0.3) is 0 Å². The van der Waals surface area contributed by atoms with Gasteiger partial charge in [-0.05, 0) is 52.5 Å². The first-order valence-corrected chi connectivity index (χ1v) is 7.49. The molecular formula is C15H30N2O2. The molecule has 0 bridgehead atoms. The molecule has 1 heterocycles. The number of nitrogens with zero attached hydrogens (tertiary/aromatic N) is 1. The average Bonchev–Trinajstić information content (AvgIpc) is 2.27. The Hall–Kier alpha value is -0.770. The van der Waals surface area contributed by atoms with E-state index in [9.17, 15) is 4.79 Å². The Kier molecular flexibility index (Phi) is 6.11. The van der Waals surface area contributed by atoms with Gasteiger partial charge in [-0.2, -0.15) is 0 Å². The van der Waals surface area contributed by atoms with Gasteiger partial charge in [-0.25, -0.2) is 4.79 Å². The highest BCUT2D eigenvalue weighted by Gasteiger charge is 2.26. The summed E-state index contributed by atoms with van der Waals surface area (Å²) >= 11 is 0. The molecular weight excluding hydrogens is 240 g/mol. The van der Waals surface area contributed by atoms with Crippen molar-refractivity contribution in [1.29, 1.82) is 0 Å². The van der Waals surface area contributed by atoms with Crippen LogP contribution in [0.2, 0.25) is 0 Å². The van der Waals surface area contributed by atoms with Gasteiger partial charge in [-0.1, -0.05) is 13.8 Å². The second kappa shape index (κ2) is 7.13. The molecule has 0 aromatic heterocycles. The second-order valence-corrected chi connectivity index (χ2v) is 6.81. The van der Waals surface area contributed by atoms with E-state index >= 15 is 0 Å². The number of likely N-dealkylation sites (tertiary alicyclic amines) is 1. The molecule has 1 aliphatic rings. The fraction of sp³-hybridized carbons (Fsp3) is 0.933. The maximum Gasteiger partial charge on any atom is 0.410 e. The maximum atomic E-state index is 11.9. The van der Waals surface area contributed by atoms with Gasteiger partial charge in [0.05, 0.1) is 0 Å². The largest absolute Gasteiger partial charge is 0.444 e. The molecule has 0 aromatic carbocycles. The van der Waals surface area contributed by atoms with Gasteiger partial charge in [0.15, 0.2) is 0 Å². The molecule has 1 saturated heterocycles. The first-order chi connectivity index (χ1) is 8.78.